The molecule has 3 aromatic carbocycles. The molecule has 5 nitrogen and oxygen atoms in total. The SMILES string of the molecule is CCCCOc1ccc(S(OS(=O)(=O)CC23CCC(CC2=O)C3(C)C)(c2ccc(C)cc2)c2ccc(C)cc2)cc1. The van der Waals surface area contributed by atoms with Crippen LogP contribution in [0.4, 0.5) is 0 Å². The number of unbranched alkanes of at least 4 members (excludes halogenated alkanes) is 1. The first-order chi connectivity index (χ1) is 19.4. The highest BCUT2D eigenvalue weighted by Gasteiger charge is 2.65. The fourth-order valence-electron chi connectivity index (χ4n) is 6.64. The van der Waals surface area contributed by atoms with Gasteiger partial charge in [-0.2, -0.15) is 8.42 Å². The number of hydrogen-bond donors (Lipinski definition) is 0. The maximum Gasteiger partial charge on any atom is 0.278 e. The zero-order valence-electron chi connectivity index (χ0n) is 24.8. The van der Waals surface area contributed by atoms with Gasteiger partial charge in [0.15, 0.2) is 0 Å². The number of rotatable bonds is 11. The summed E-state index contributed by atoms with van der Waals surface area (Å²) in [4.78, 5) is 15.7. The Labute approximate surface area is 247 Å². The molecule has 7 heteroatoms. The Bertz CT molecular complexity index is 1450. The normalized spacial score (nSPS) is 22.2. The minimum Gasteiger partial charge on any atom is -0.494 e. The number of aryl methyl sites for hydroxylation is 2. The minimum atomic E-state index is -4.18. The third-order valence-corrected chi connectivity index (χ3v) is 14.7. The first-order valence-electron chi connectivity index (χ1n) is 14.6. The van der Waals surface area contributed by atoms with Gasteiger partial charge in [-0.05, 0) is 103 Å². The Balaban J connectivity index is 1.65. The van der Waals surface area contributed by atoms with Crippen LogP contribution in [-0.2, 0) is 18.5 Å². The van der Waals surface area contributed by atoms with Gasteiger partial charge < -0.3 is 4.74 Å². The van der Waals surface area contributed by atoms with E-state index in [0.717, 1.165) is 50.8 Å². The standard InChI is InChI=1S/C34H42O5S2/c1-6-7-22-38-28-12-18-31(19-13-28)41(29-14-8-25(2)9-15-29,30-16-10-26(3)11-17-30)39-40(36,37)24-34-21-20-27(23-32(34)35)33(34,4)5/h8-19,27H,6-7,20-24H2,1-5H3. The first-order valence-corrected chi connectivity index (χ1v) is 17.7. The number of hydrogen-bond acceptors (Lipinski definition) is 5. The van der Waals surface area contributed by atoms with Gasteiger partial charge in [-0.1, -0.05) is 62.6 Å². The van der Waals surface area contributed by atoms with E-state index >= 15 is 0 Å². The Morgan fingerprint density at radius 2 is 1.34 bits per heavy atom. The molecular formula is C34H42O5S2. The molecule has 2 aliphatic carbocycles. The van der Waals surface area contributed by atoms with Crippen LogP contribution in [0.1, 0.15) is 64.0 Å². The van der Waals surface area contributed by atoms with Crippen LogP contribution in [0.25, 0.3) is 0 Å². The van der Waals surface area contributed by atoms with Gasteiger partial charge in [-0.25, -0.2) is 3.63 Å². The molecule has 0 N–H and O–H groups in total. The van der Waals surface area contributed by atoms with Gasteiger partial charge in [-0.3, -0.25) is 4.79 Å². The van der Waals surface area contributed by atoms with Crippen LogP contribution >= 0.6 is 10.3 Å². The lowest BCUT2D eigenvalue weighted by atomic mass is 9.70. The summed E-state index contributed by atoms with van der Waals surface area (Å²) in [5.41, 5.74) is 0.841. The molecule has 0 saturated heterocycles. The van der Waals surface area contributed by atoms with Crippen LogP contribution in [0.15, 0.2) is 87.5 Å². The summed E-state index contributed by atoms with van der Waals surface area (Å²) in [6, 6.07) is 23.5. The summed E-state index contributed by atoms with van der Waals surface area (Å²) in [6.45, 7) is 10.9. The number of ketones is 1. The van der Waals surface area contributed by atoms with Crippen molar-refractivity contribution in [2.24, 2.45) is 16.7 Å². The molecule has 2 atom stereocenters. The van der Waals surface area contributed by atoms with Gasteiger partial charge in [0.2, 0.25) is 0 Å². The number of fused-ring (bicyclic) bond motifs is 2. The van der Waals surface area contributed by atoms with Gasteiger partial charge in [0.05, 0.1) is 17.8 Å². The maximum absolute atomic E-state index is 14.3. The van der Waals surface area contributed by atoms with Gasteiger partial charge in [0.1, 0.15) is 11.5 Å². The van der Waals surface area contributed by atoms with Gasteiger partial charge >= 0.3 is 0 Å². The lowest BCUT2D eigenvalue weighted by molar-refractivity contribution is -0.128. The molecule has 0 aliphatic heterocycles. The van der Waals surface area contributed by atoms with E-state index in [1.807, 2.05) is 86.6 Å². The maximum atomic E-state index is 14.3. The molecule has 41 heavy (non-hydrogen) atoms. The highest BCUT2D eigenvalue weighted by Crippen LogP contribution is 2.71. The summed E-state index contributed by atoms with van der Waals surface area (Å²) in [7, 11) is -6.92. The van der Waals surface area contributed by atoms with Crippen molar-refractivity contribution in [2.45, 2.75) is 81.4 Å². The quantitative estimate of drug-likeness (QED) is 0.208. The van der Waals surface area contributed by atoms with Crippen LogP contribution in [0, 0.1) is 30.6 Å². The lowest BCUT2D eigenvalue weighted by Crippen LogP contribution is -2.42. The fourth-order valence-corrected chi connectivity index (χ4v) is 12.7. The van der Waals surface area contributed by atoms with Crippen LogP contribution in [0.3, 0.4) is 0 Å². The van der Waals surface area contributed by atoms with E-state index in [1.54, 1.807) is 0 Å². The molecule has 0 spiro atoms. The highest BCUT2D eigenvalue weighted by atomic mass is 32.3. The number of carbonyl (C=O) groups is 1. The van der Waals surface area contributed by atoms with E-state index in [9.17, 15) is 13.2 Å². The fraction of sp³-hybridized carbons (Fsp3) is 0.441. The molecule has 0 aromatic heterocycles. The second-order valence-corrected chi connectivity index (χ2v) is 16.8. The Kier molecular flexibility index (Phi) is 8.18. The molecule has 2 saturated carbocycles. The van der Waals surface area contributed by atoms with Crippen molar-refractivity contribution < 1.29 is 21.6 Å². The van der Waals surface area contributed by atoms with E-state index in [-0.39, 0.29) is 22.9 Å². The van der Waals surface area contributed by atoms with Crippen molar-refractivity contribution in [3.05, 3.63) is 83.9 Å². The molecule has 0 amide bonds. The van der Waals surface area contributed by atoms with Crippen LogP contribution in [-0.4, -0.2) is 26.6 Å². The predicted octanol–water partition coefficient (Wildman–Crippen LogP) is 8.42. The van der Waals surface area contributed by atoms with E-state index in [1.165, 1.54) is 0 Å². The van der Waals surface area contributed by atoms with E-state index in [0.29, 0.717) is 19.4 Å². The molecule has 2 unspecified atom stereocenters. The minimum absolute atomic E-state index is 0.0609. The highest BCUT2D eigenvalue weighted by molar-refractivity contribution is 8.33. The number of ether oxygens (including phenoxy) is 1. The third-order valence-electron chi connectivity index (χ3n) is 9.40. The van der Waals surface area contributed by atoms with Crippen molar-refractivity contribution in [1.29, 1.82) is 0 Å². The van der Waals surface area contributed by atoms with E-state index in [2.05, 4.69) is 20.8 Å². The number of carbonyl (C=O) groups excluding carboxylic acids is 1. The van der Waals surface area contributed by atoms with Gasteiger partial charge in [0, 0.05) is 21.1 Å². The summed E-state index contributed by atoms with van der Waals surface area (Å²) in [6.07, 6.45) is 3.92. The molecule has 2 bridgehead atoms. The second-order valence-electron chi connectivity index (χ2n) is 12.3. The Morgan fingerprint density at radius 1 is 0.829 bits per heavy atom. The molecule has 3 aromatic rings. The smallest absolute Gasteiger partial charge is 0.278 e. The van der Waals surface area contributed by atoms with Crippen molar-refractivity contribution in [3.8, 4) is 5.75 Å². The molecule has 5 rings (SSSR count). The number of benzene rings is 3. The molecule has 0 heterocycles. The van der Waals surface area contributed by atoms with E-state index in [4.69, 9.17) is 8.37 Å². The topological polar surface area (TPSA) is 69.7 Å². The Hall–Kier alpha value is -2.61. The monoisotopic (exact) mass is 594 g/mol. The van der Waals surface area contributed by atoms with Crippen LogP contribution in [0.2, 0.25) is 0 Å². The van der Waals surface area contributed by atoms with Crippen molar-refractivity contribution in [1.82, 2.24) is 0 Å². The van der Waals surface area contributed by atoms with E-state index < -0.39 is 25.8 Å². The third kappa shape index (κ3) is 5.37. The van der Waals surface area contributed by atoms with Crippen molar-refractivity contribution >= 4 is 26.2 Å². The summed E-state index contributed by atoms with van der Waals surface area (Å²) < 4.78 is 41.2. The van der Waals surface area contributed by atoms with Gasteiger partial charge in [-0.15, -0.1) is 0 Å². The lowest BCUT2D eigenvalue weighted by Gasteiger charge is -2.41. The van der Waals surface area contributed by atoms with Crippen molar-refractivity contribution in [2.75, 3.05) is 12.4 Å². The summed E-state index contributed by atoms with van der Waals surface area (Å²) in [5, 5.41) is 0. The first kappa shape index (κ1) is 29.9. The summed E-state index contributed by atoms with van der Waals surface area (Å²) >= 11 is 0. The molecule has 0 radical (unpaired) electrons. The zero-order valence-corrected chi connectivity index (χ0v) is 26.4. The average molecular weight is 595 g/mol. The second kappa shape index (κ2) is 11.2. The molecule has 2 fully saturated rings. The van der Waals surface area contributed by atoms with Crippen LogP contribution < -0.4 is 4.74 Å². The largest absolute Gasteiger partial charge is 0.494 e. The zero-order chi connectivity index (χ0) is 29.5. The van der Waals surface area contributed by atoms with Crippen LogP contribution in [0.5, 0.6) is 5.75 Å². The molecule has 2 aliphatic rings. The van der Waals surface area contributed by atoms with Gasteiger partial charge in [0.25, 0.3) is 10.1 Å². The Morgan fingerprint density at radius 3 is 1.78 bits per heavy atom. The summed E-state index contributed by atoms with van der Waals surface area (Å²) in [5.74, 6) is 0.718. The number of Topliss-reactive ketones (excluding diaryl/α,β-unsaturated/α-hetero) is 1. The van der Waals surface area contributed by atoms with Crippen molar-refractivity contribution in [3.63, 3.8) is 0 Å². The molecular weight excluding hydrogens is 553 g/mol. The average Bonchev–Trinajstić information content (AvgIpc) is 3.27. The molecule has 220 valence electrons. The predicted molar refractivity (Wildman–Crippen MR) is 165 cm³/mol.